The summed E-state index contributed by atoms with van der Waals surface area (Å²) in [7, 11) is 0. The Balaban J connectivity index is 1.36. The third kappa shape index (κ3) is 4.65. The van der Waals surface area contributed by atoms with Gasteiger partial charge in [-0.25, -0.2) is 15.0 Å². The van der Waals surface area contributed by atoms with E-state index in [4.69, 9.17) is 19.4 Å². The monoisotopic (exact) mass is 551 g/mol. The SMILES string of the molecule is c1ccc(-c2cc(-c3ccccc3)c3oc4ccc(-c5nc(-c6ccccc6)nc(-c6ccccc6)n5)cc4c3c2)cc1. The first kappa shape index (κ1) is 24.9. The molecule has 0 spiro atoms. The van der Waals surface area contributed by atoms with Crippen LogP contribution in [-0.4, -0.2) is 15.0 Å². The highest BCUT2D eigenvalue weighted by atomic mass is 16.3. The van der Waals surface area contributed by atoms with Crippen LogP contribution in [0.25, 0.3) is 78.4 Å². The number of aromatic nitrogens is 3. The second kappa shape index (κ2) is 10.5. The molecule has 0 saturated heterocycles. The van der Waals surface area contributed by atoms with E-state index in [2.05, 4.69) is 66.7 Å². The van der Waals surface area contributed by atoms with Crippen LogP contribution >= 0.6 is 0 Å². The molecule has 43 heavy (non-hydrogen) atoms. The molecule has 0 saturated carbocycles. The molecule has 0 amide bonds. The van der Waals surface area contributed by atoms with E-state index < -0.39 is 0 Å². The zero-order valence-electron chi connectivity index (χ0n) is 23.2. The highest BCUT2D eigenvalue weighted by molar-refractivity contribution is 6.12. The molecular formula is C39H25N3O. The first-order chi connectivity index (χ1) is 21.3. The van der Waals surface area contributed by atoms with Gasteiger partial charge in [-0.05, 0) is 47.0 Å². The molecule has 0 aliphatic rings. The van der Waals surface area contributed by atoms with Crippen molar-refractivity contribution in [3.05, 3.63) is 152 Å². The van der Waals surface area contributed by atoms with Crippen LogP contribution < -0.4 is 0 Å². The van der Waals surface area contributed by atoms with E-state index in [0.717, 1.165) is 60.9 Å². The molecule has 0 unspecified atom stereocenters. The van der Waals surface area contributed by atoms with Gasteiger partial charge in [0.25, 0.3) is 0 Å². The number of benzene rings is 6. The molecule has 8 rings (SSSR count). The second-order valence-electron chi connectivity index (χ2n) is 10.5. The van der Waals surface area contributed by atoms with Crippen LogP contribution in [0, 0.1) is 0 Å². The van der Waals surface area contributed by atoms with Crippen molar-refractivity contribution in [2.45, 2.75) is 0 Å². The summed E-state index contributed by atoms with van der Waals surface area (Å²) in [6, 6.07) is 51.6. The maximum absolute atomic E-state index is 6.55. The van der Waals surface area contributed by atoms with E-state index in [1.54, 1.807) is 0 Å². The number of hydrogen-bond acceptors (Lipinski definition) is 4. The van der Waals surface area contributed by atoms with Crippen molar-refractivity contribution >= 4 is 21.9 Å². The van der Waals surface area contributed by atoms with Crippen LogP contribution in [0.3, 0.4) is 0 Å². The molecule has 4 nitrogen and oxygen atoms in total. The Labute approximate surface area is 249 Å². The Morgan fingerprint density at radius 3 is 1.37 bits per heavy atom. The number of hydrogen-bond donors (Lipinski definition) is 0. The highest BCUT2D eigenvalue weighted by Gasteiger charge is 2.18. The summed E-state index contributed by atoms with van der Waals surface area (Å²) in [6.45, 7) is 0. The fourth-order valence-corrected chi connectivity index (χ4v) is 5.58. The molecule has 202 valence electrons. The van der Waals surface area contributed by atoms with Crippen molar-refractivity contribution in [3.8, 4) is 56.4 Å². The smallest absolute Gasteiger partial charge is 0.164 e. The van der Waals surface area contributed by atoms with Gasteiger partial charge in [0.05, 0.1) is 0 Å². The first-order valence-electron chi connectivity index (χ1n) is 14.3. The van der Waals surface area contributed by atoms with Crippen molar-refractivity contribution in [1.29, 1.82) is 0 Å². The summed E-state index contributed by atoms with van der Waals surface area (Å²) in [5.74, 6) is 1.89. The quantitative estimate of drug-likeness (QED) is 0.214. The molecule has 8 aromatic rings. The van der Waals surface area contributed by atoms with Crippen LogP contribution in [0.15, 0.2) is 156 Å². The van der Waals surface area contributed by atoms with Crippen molar-refractivity contribution < 1.29 is 4.42 Å². The lowest BCUT2D eigenvalue weighted by Crippen LogP contribution is -2.00. The van der Waals surface area contributed by atoms with E-state index in [1.165, 1.54) is 0 Å². The van der Waals surface area contributed by atoms with E-state index >= 15 is 0 Å². The Morgan fingerprint density at radius 2 is 0.814 bits per heavy atom. The van der Waals surface area contributed by atoms with Crippen molar-refractivity contribution in [3.63, 3.8) is 0 Å². The van der Waals surface area contributed by atoms with E-state index in [9.17, 15) is 0 Å². The normalized spacial score (nSPS) is 11.3. The molecule has 0 N–H and O–H groups in total. The lowest BCUT2D eigenvalue weighted by atomic mass is 9.95. The largest absolute Gasteiger partial charge is 0.455 e. The van der Waals surface area contributed by atoms with Gasteiger partial charge < -0.3 is 4.42 Å². The van der Waals surface area contributed by atoms with E-state index in [0.29, 0.717) is 17.5 Å². The summed E-state index contributed by atoms with van der Waals surface area (Å²) in [5.41, 5.74) is 8.94. The minimum Gasteiger partial charge on any atom is -0.455 e. The molecule has 2 heterocycles. The topological polar surface area (TPSA) is 51.8 Å². The molecule has 0 aliphatic heterocycles. The van der Waals surface area contributed by atoms with Gasteiger partial charge in [-0.15, -0.1) is 0 Å². The third-order valence-electron chi connectivity index (χ3n) is 7.72. The van der Waals surface area contributed by atoms with E-state index in [1.807, 2.05) is 84.9 Å². The molecule has 0 aliphatic carbocycles. The van der Waals surface area contributed by atoms with Gasteiger partial charge in [0.15, 0.2) is 17.5 Å². The minimum absolute atomic E-state index is 0.617. The average molecular weight is 552 g/mol. The number of fused-ring (bicyclic) bond motifs is 3. The molecule has 6 aromatic carbocycles. The summed E-state index contributed by atoms with van der Waals surface area (Å²) in [5, 5.41) is 2.07. The Hall–Kier alpha value is -5.87. The molecule has 0 bridgehead atoms. The average Bonchev–Trinajstić information content (AvgIpc) is 3.47. The van der Waals surface area contributed by atoms with Gasteiger partial charge >= 0.3 is 0 Å². The molecule has 0 fully saturated rings. The minimum atomic E-state index is 0.617. The van der Waals surface area contributed by atoms with Crippen LogP contribution in [0.4, 0.5) is 0 Å². The zero-order valence-corrected chi connectivity index (χ0v) is 23.2. The Kier molecular flexibility index (Phi) is 6.08. The predicted molar refractivity (Wildman–Crippen MR) is 174 cm³/mol. The van der Waals surface area contributed by atoms with E-state index in [-0.39, 0.29) is 0 Å². The molecule has 0 atom stereocenters. The third-order valence-corrected chi connectivity index (χ3v) is 7.72. The van der Waals surface area contributed by atoms with Crippen molar-refractivity contribution in [1.82, 2.24) is 15.0 Å². The maximum Gasteiger partial charge on any atom is 0.164 e. The van der Waals surface area contributed by atoms with Crippen LogP contribution in [-0.2, 0) is 0 Å². The van der Waals surface area contributed by atoms with Gasteiger partial charge in [-0.3, -0.25) is 0 Å². The second-order valence-corrected chi connectivity index (χ2v) is 10.5. The van der Waals surface area contributed by atoms with Gasteiger partial charge in [-0.1, -0.05) is 121 Å². The van der Waals surface area contributed by atoms with Gasteiger partial charge in [0, 0.05) is 33.0 Å². The van der Waals surface area contributed by atoms with Crippen molar-refractivity contribution in [2.75, 3.05) is 0 Å². The van der Waals surface area contributed by atoms with Gasteiger partial charge in [0.1, 0.15) is 11.2 Å². The number of rotatable bonds is 5. The Morgan fingerprint density at radius 1 is 0.349 bits per heavy atom. The maximum atomic E-state index is 6.55. The zero-order chi connectivity index (χ0) is 28.6. The number of furan rings is 1. The van der Waals surface area contributed by atoms with Crippen molar-refractivity contribution in [2.24, 2.45) is 0 Å². The van der Waals surface area contributed by atoms with Gasteiger partial charge in [0.2, 0.25) is 0 Å². The molecule has 0 radical (unpaired) electrons. The highest BCUT2D eigenvalue weighted by Crippen LogP contribution is 2.40. The fraction of sp³-hybridized carbons (Fsp3) is 0. The lowest BCUT2D eigenvalue weighted by molar-refractivity contribution is 0.670. The summed E-state index contributed by atoms with van der Waals surface area (Å²) in [4.78, 5) is 14.7. The molecular weight excluding hydrogens is 526 g/mol. The summed E-state index contributed by atoms with van der Waals surface area (Å²) < 4.78 is 6.55. The molecule has 4 heteroatoms. The predicted octanol–water partition coefficient (Wildman–Crippen LogP) is 10.1. The first-order valence-corrected chi connectivity index (χ1v) is 14.3. The van der Waals surface area contributed by atoms with Crippen LogP contribution in [0.5, 0.6) is 0 Å². The fourth-order valence-electron chi connectivity index (χ4n) is 5.58. The Bertz CT molecular complexity index is 2150. The van der Waals surface area contributed by atoms with Crippen LogP contribution in [0.1, 0.15) is 0 Å². The lowest BCUT2D eigenvalue weighted by Gasteiger charge is -2.09. The summed E-state index contributed by atoms with van der Waals surface area (Å²) >= 11 is 0. The molecule has 2 aromatic heterocycles. The standard InChI is InChI=1S/C39H25N3O/c1-5-13-26(14-6-1)31-24-32(27-15-7-2-8-16-27)36-34(25-31)33-23-30(21-22-35(33)43-36)39-41-37(28-17-9-3-10-18-28)40-38(42-39)29-19-11-4-12-20-29/h1-25H. The summed E-state index contributed by atoms with van der Waals surface area (Å²) in [6.07, 6.45) is 0. The van der Waals surface area contributed by atoms with Crippen LogP contribution in [0.2, 0.25) is 0 Å². The number of nitrogens with zero attached hydrogens (tertiary/aromatic N) is 3. The van der Waals surface area contributed by atoms with Gasteiger partial charge in [-0.2, -0.15) is 0 Å².